The van der Waals surface area contributed by atoms with Gasteiger partial charge in [0.2, 0.25) is 0 Å². The van der Waals surface area contributed by atoms with Gasteiger partial charge in [-0.25, -0.2) is 4.39 Å². The Hall–Kier alpha value is -1.97. The van der Waals surface area contributed by atoms with Crippen LogP contribution in [-0.4, -0.2) is 10.2 Å². The fourth-order valence-corrected chi connectivity index (χ4v) is 2.54. The molecule has 1 aromatic heterocycles. The molecule has 0 aliphatic heterocycles. The molecule has 1 aliphatic rings. The van der Waals surface area contributed by atoms with E-state index in [0.29, 0.717) is 5.82 Å². The molecule has 92 valence electrons. The number of benzene rings is 1. The Morgan fingerprint density at radius 1 is 1.06 bits per heavy atom. The molecule has 0 atom stereocenters. The summed E-state index contributed by atoms with van der Waals surface area (Å²) in [6.07, 6.45) is 4.14. The molecule has 2 N–H and O–H groups in total. The SMILES string of the molecule is Nc1nnc(-c2cccc(F)c2)c2c1CCCC2. The number of nitrogen functional groups attached to an aromatic ring is 1. The number of rotatable bonds is 1. The maximum Gasteiger partial charge on any atom is 0.149 e. The number of halogens is 1. The van der Waals surface area contributed by atoms with E-state index in [9.17, 15) is 4.39 Å². The van der Waals surface area contributed by atoms with Crippen LogP contribution in [0.15, 0.2) is 24.3 Å². The molecule has 0 fully saturated rings. The zero-order valence-corrected chi connectivity index (χ0v) is 9.99. The summed E-state index contributed by atoms with van der Waals surface area (Å²) >= 11 is 0. The second-order valence-electron chi connectivity index (χ2n) is 4.61. The molecule has 18 heavy (non-hydrogen) atoms. The fraction of sp³-hybridized carbons (Fsp3) is 0.286. The number of aromatic nitrogens is 2. The molecule has 3 rings (SSSR count). The molecule has 1 aliphatic carbocycles. The van der Waals surface area contributed by atoms with Gasteiger partial charge >= 0.3 is 0 Å². The average Bonchev–Trinajstić information content (AvgIpc) is 2.39. The van der Waals surface area contributed by atoms with Gasteiger partial charge in [-0.05, 0) is 43.4 Å². The lowest BCUT2D eigenvalue weighted by molar-refractivity contribution is 0.628. The van der Waals surface area contributed by atoms with Crippen molar-refractivity contribution in [2.24, 2.45) is 0 Å². The minimum absolute atomic E-state index is 0.254. The second kappa shape index (κ2) is 4.37. The lowest BCUT2D eigenvalue weighted by atomic mass is 9.89. The third-order valence-electron chi connectivity index (χ3n) is 3.42. The molecule has 1 aromatic carbocycles. The van der Waals surface area contributed by atoms with E-state index in [1.54, 1.807) is 6.07 Å². The number of nitrogens with two attached hydrogens (primary N) is 1. The molecule has 0 unspecified atom stereocenters. The van der Waals surface area contributed by atoms with E-state index in [0.717, 1.165) is 48.1 Å². The summed E-state index contributed by atoms with van der Waals surface area (Å²) in [7, 11) is 0. The summed E-state index contributed by atoms with van der Waals surface area (Å²) in [6, 6.07) is 6.48. The maximum absolute atomic E-state index is 13.3. The van der Waals surface area contributed by atoms with E-state index in [-0.39, 0.29) is 5.82 Å². The highest BCUT2D eigenvalue weighted by Crippen LogP contribution is 2.31. The van der Waals surface area contributed by atoms with Crippen molar-refractivity contribution in [3.05, 3.63) is 41.2 Å². The smallest absolute Gasteiger partial charge is 0.149 e. The predicted octanol–water partition coefficient (Wildman–Crippen LogP) is 2.74. The molecule has 1 heterocycles. The molecule has 4 heteroatoms. The average molecular weight is 243 g/mol. The molecular formula is C14H14FN3. The molecular weight excluding hydrogens is 229 g/mol. The minimum Gasteiger partial charge on any atom is -0.382 e. The normalized spacial score (nSPS) is 14.3. The number of nitrogens with zero attached hydrogens (tertiary/aromatic N) is 2. The predicted molar refractivity (Wildman–Crippen MR) is 68.5 cm³/mol. The molecule has 0 radical (unpaired) electrons. The number of hydrogen-bond donors (Lipinski definition) is 1. The van der Waals surface area contributed by atoms with Crippen molar-refractivity contribution in [1.82, 2.24) is 10.2 Å². The van der Waals surface area contributed by atoms with Gasteiger partial charge in [0.05, 0.1) is 5.69 Å². The first-order chi connectivity index (χ1) is 8.75. The topological polar surface area (TPSA) is 51.8 Å². The summed E-state index contributed by atoms with van der Waals surface area (Å²) in [5.41, 5.74) is 9.66. The first kappa shape index (κ1) is 11.1. The molecule has 0 spiro atoms. The van der Waals surface area contributed by atoms with Crippen LogP contribution in [0, 0.1) is 5.82 Å². The molecule has 2 aromatic rings. The summed E-state index contributed by atoms with van der Waals surface area (Å²) in [6.45, 7) is 0. The summed E-state index contributed by atoms with van der Waals surface area (Å²) in [4.78, 5) is 0. The third-order valence-corrected chi connectivity index (χ3v) is 3.42. The maximum atomic E-state index is 13.3. The van der Waals surface area contributed by atoms with E-state index >= 15 is 0 Å². The van der Waals surface area contributed by atoms with Crippen LogP contribution < -0.4 is 5.73 Å². The Bertz CT molecular complexity index is 596. The Balaban J connectivity index is 2.18. The quantitative estimate of drug-likeness (QED) is 0.837. The third kappa shape index (κ3) is 1.83. The van der Waals surface area contributed by atoms with Gasteiger partial charge in [0.1, 0.15) is 11.6 Å². The van der Waals surface area contributed by atoms with Crippen molar-refractivity contribution in [2.45, 2.75) is 25.7 Å². The van der Waals surface area contributed by atoms with Crippen LogP contribution in [-0.2, 0) is 12.8 Å². The van der Waals surface area contributed by atoms with Crippen molar-refractivity contribution in [2.75, 3.05) is 5.73 Å². The van der Waals surface area contributed by atoms with Crippen LogP contribution in [0.25, 0.3) is 11.3 Å². The van der Waals surface area contributed by atoms with E-state index in [4.69, 9.17) is 5.73 Å². The molecule has 0 bridgehead atoms. The Morgan fingerprint density at radius 2 is 1.83 bits per heavy atom. The Morgan fingerprint density at radius 3 is 2.61 bits per heavy atom. The lowest BCUT2D eigenvalue weighted by Gasteiger charge is -2.19. The fourth-order valence-electron chi connectivity index (χ4n) is 2.54. The zero-order chi connectivity index (χ0) is 12.5. The van der Waals surface area contributed by atoms with Gasteiger partial charge in [-0.1, -0.05) is 12.1 Å². The largest absolute Gasteiger partial charge is 0.382 e. The standard InChI is InChI=1S/C14H14FN3/c15-10-5-3-4-9(8-10)13-11-6-1-2-7-12(11)14(16)18-17-13/h3-5,8H,1-2,6-7H2,(H2,16,18). The van der Waals surface area contributed by atoms with Crippen LogP contribution in [0.4, 0.5) is 10.2 Å². The van der Waals surface area contributed by atoms with Crippen molar-refractivity contribution in [1.29, 1.82) is 0 Å². The van der Waals surface area contributed by atoms with Gasteiger partial charge in [0, 0.05) is 11.1 Å². The van der Waals surface area contributed by atoms with E-state index in [2.05, 4.69) is 10.2 Å². The van der Waals surface area contributed by atoms with E-state index in [1.165, 1.54) is 12.1 Å². The van der Waals surface area contributed by atoms with Crippen molar-refractivity contribution >= 4 is 5.82 Å². The number of anilines is 1. The van der Waals surface area contributed by atoms with Crippen LogP contribution in [0.3, 0.4) is 0 Å². The van der Waals surface area contributed by atoms with Gasteiger partial charge in [0.15, 0.2) is 0 Å². The monoisotopic (exact) mass is 243 g/mol. The highest BCUT2D eigenvalue weighted by Gasteiger charge is 2.19. The van der Waals surface area contributed by atoms with E-state index < -0.39 is 0 Å². The lowest BCUT2D eigenvalue weighted by Crippen LogP contribution is -2.11. The van der Waals surface area contributed by atoms with Crippen LogP contribution in [0.2, 0.25) is 0 Å². The van der Waals surface area contributed by atoms with Crippen LogP contribution >= 0.6 is 0 Å². The summed E-state index contributed by atoms with van der Waals surface area (Å²) in [5, 5.41) is 8.17. The molecule has 0 saturated heterocycles. The first-order valence-electron chi connectivity index (χ1n) is 6.15. The van der Waals surface area contributed by atoms with E-state index in [1.807, 2.05) is 6.07 Å². The molecule has 3 nitrogen and oxygen atoms in total. The van der Waals surface area contributed by atoms with Gasteiger partial charge in [-0.15, -0.1) is 10.2 Å². The molecule has 0 amide bonds. The van der Waals surface area contributed by atoms with Crippen molar-refractivity contribution < 1.29 is 4.39 Å². The van der Waals surface area contributed by atoms with Gasteiger partial charge in [-0.3, -0.25) is 0 Å². The van der Waals surface area contributed by atoms with Gasteiger partial charge < -0.3 is 5.73 Å². The van der Waals surface area contributed by atoms with Crippen molar-refractivity contribution in [3.63, 3.8) is 0 Å². The van der Waals surface area contributed by atoms with Crippen LogP contribution in [0.5, 0.6) is 0 Å². The van der Waals surface area contributed by atoms with Crippen LogP contribution in [0.1, 0.15) is 24.0 Å². The summed E-state index contributed by atoms with van der Waals surface area (Å²) in [5.74, 6) is 0.264. The van der Waals surface area contributed by atoms with Gasteiger partial charge in [-0.2, -0.15) is 0 Å². The number of hydrogen-bond acceptors (Lipinski definition) is 3. The Labute approximate surface area is 105 Å². The second-order valence-corrected chi connectivity index (χ2v) is 4.61. The van der Waals surface area contributed by atoms with Crippen molar-refractivity contribution in [3.8, 4) is 11.3 Å². The Kier molecular flexibility index (Phi) is 2.70. The summed E-state index contributed by atoms with van der Waals surface area (Å²) < 4.78 is 13.3. The highest BCUT2D eigenvalue weighted by molar-refractivity contribution is 5.67. The zero-order valence-electron chi connectivity index (χ0n) is 9.99. The number of fused-ring (bicyclic) bond motifs is 1. The highest BCUT2D eigenvalue weighted by atomic mass is 19.1. The first-order valence-corrected chi connectivity index (χ1v) is 6.15. The minimum atomic E-state index is -0.254. The molecule has 0 saturated carbocycles. The van der Waals surface area contributed by atoms with Gasteiger partial charge in [0.25, 0.3) is 0 Å².